The van der Waals surface area contributed by atoms with E-state index in [1.54, 1.807) is 11.9 Å². The fourth-order valence-electron chi connectivity index (χ4n) is 4.41. The second-order valence-electron chi connectivity index (χ2n) is 7.93. The van der Waals surface area contributed by atoms with Crippen molar-refractivity contribution in [2.75, 3.05) is 25.5 Å². The van der Waals surface area contributed by atoms with E-state index in [9.17, 15) is 9.59 Å². The standard InChI is InChI=1S/C23H24N6O3/c1-4-28-18-20(26(2)23(31)27(3)21(18)30)29-19(24-25-22(28)29)16-10-12-17(13-11-16)32-14-15-8-6-5-7-9-15/h5-13,18,20H,4,14H2,1-3H3. The second-order valence-corrected chi connectivity index (χ2v) is 7.93. The molecule has 0 saturated carbocycles. The molecule has 1 fully saturated rings. The third-order valence-electron chi connectivity index (χ3n) is 6.09. The number of amides is 3. The Morgan fingerprint density at radius 1 is 0.969 bits per heavy atom. The molecule has 0 N–H and O–H groups in total. The van der Waals surface area contributed by atoms with Gasteiger partial charge in [-0.1, -0.05) is 30.3 Å². The minimum Gasteiger partial charge on any atom is -0.489 e. The molecule has 0 bridgehead atoms. The molecule has 2 aliphatic heterocycles. The molecule has 3 amide bonds. The Balaban J connectivity index is 1.45. The van der Waals surface area contributed by atoms with E-state index in [2.05, 4.69) is 10.2 Å². The summed E-state index contributed by atoms with van der Waals surface area (Å²) in [6, 6.07) is 16.7. The van der Waals surface area contributed by atoms with E-state index in [-0.39, 0.29) is 11.9 Å². The Morgan fingerprint density at radius 2 is 1.69 bits per heavy atom. The van der Waals surface area contributed by atoms with Gasteiger partial charge in [0.15, 0.2) is 11.9 Å². The van der Waals surface area contributed by atoms with Crippen LogP contribution < -0.4 is 9.64 Å². The zero-order valence-electron chi connectivity index (χ0n) is 18.2. The zero-order valence-corrected chi connectivity index (χ0v) is 18.2. The van der Waals surface area contributed by atoms with E-state index in [4.69, 9.17) is 4.74 Å². The molecule has 1 saturated heterocycles. The minimum atomic E-state index is -0.523. The Hall–Kier alpha value is -3.88. The van der Waals surface area contributed by atoms with Crippen LogP contribution in [-0.4, -0.2) is 63.2 Å². The Labute approximate surface area is 185 Å². The summed E-state index contributed by atoms with van der Waals surface area (Å²) in [6.45, 7) is 3.02. The van der Waals surface area contributed by atoms with Crippen LogP contribution in [0.2, 0.25) is 0 Å². The number of benzene rings is 2. The van der Waals surface area contributed by atoms with Crippen molar-refractivity contribution in [1.82, 2.24) is 24.6 Å². The van der Waals surface area contributed by atoms with Gasteiger partial charge in [-0.3, -0.25) is 14.3 Å². The van der Waals surface area contributed by atoms with Crippen LogP contribution in [0.5, 0.6) is 5.75 Å². The van der Waals surface area contributed by atoms with Crippen LogP contribution in [0.15, 0.2) is 54.6 Å². The van der Waals surface area contributed by atoms with Gasteiger partial charge in [0.2, 0.25) is 5.95 Å². The summed E-state index contributed by atoms with van der Waals surface area (Å²) in [6.07, 6.45) is -0.500. The number of ether oxygens (including phenoxy) is 1. The molecule has 2 atom stereocenters. The second kappa shape index (κ2) is 7.67. The molecular formula is C23H24N6O3. The van der Waals surface area contributed by atoms with Crippen molar-refractivity contribution in [3.8, 4) is 17.1 Å². The van der Waals surface area contributed by atoms with Crippen LogP contribution in [0.4, 0.5) is 10.7 Å². The topological polar surface area (TPSA) is 83.8 Å². The summed E-state index contributed by atoms with van der Waals surface area (Å²) in [5.74, 6) is 1.71. The number of likely N-dealkylation sites (N-methyl/N-ethyl adjacent to an activating group) is 3. The first-order valence-corrected chi connectivity index (χ1v) is 10.5. The van der Waals surface area contributed by atoms with Crippen LogP contribution in [0.25, 0.3) is 11.4 Å². The van der Waals surface area contributed by atoms with Gasteiger partial charge in [-0.2, -0.15) is 0 Å². The molecule has 0 radical (unpaired) electrons. The lowest BCUT2D eigenvalue weighted by Crippen LogP contribution is -2.61. The highest BCUT2D eigenvalue weighted by molar-refractivity contribution is 6.02. The van der Waals surface area contributed by atoms with Gasteiger partial charge in [-0.05, 0) is 36.8 Å². The van der Waals surface area contributed by atoms with Crippen molar-refractivity contribution in [2.24, 2.45) is 0 Å². The number of carbonyl (C=O) groups excluding carboxylic acids is 2. The molecule has 1 aromatic heterocycles. The van der Waals surface area contributed by atoms with Gasteiger partial charge in [0.25, 0.3) is 5.91 Å². The maximum atomic E-state index is 12.9. The fourth-order valence-corrected chi connectivity index (χ4v) is 4.41. The highest BCUT2D eigenvalue weighted by Crippen LogP contribution is 2.42. The molecule has 2 aliphatic rings. The molecule has 164 valence electrons. The number of hydrogen-bond donors (Lipinski definition) is 0. The lowest BCUT2D eigenvalue weighted by molar-refractivity contribution is -0.133. The van der Waals surface area contributed by atoms with Gasteiger partial charge < -0.3 is 14.5 Å². The SMILES string of the molecule is CCN1c2nnc(-c3ccc(OCc4ccccc4)cc3)n2C2C1C(=O)N(C)C(=O)N2C. The highest BCUT2D eigenvalue weighted by Gasteiger charge is 2.53. The van der Waals surface area contributed by atoms with Crippen molar-refractivity contribution in [2.45, 2.75) is 25.7 Å². The third kappa shape index (κ3) is 3.00. The number of imide groups is 1. The number of anilines is 1. The lowest BCUT2D eigenvalue weighted by Gasteiger charge is -2.40. The van der Waals surface area contributed by atoms with Crippen LogP contribution in [0.3, 0.4) is 0 Å². The van der Waals surface area contributed by atoms with Crippen LogP contribution >= 0.6 is 0 Å². The molecule has 0 spiro atoms. The Morgan fingerprint density at radius 3 is 2.38 bits per heavy atom. The first-order valence-electron chi connectivity index (χ1n) is 10.5. The molecule has 2 unspecified atom stereocenters. The number of hydrogen-bond acceptors (Lipinski definition) is 6. The highest BCUT2D eigenvalue weighted by atomic mass is 16.5. The fraction of sp³-hybridized carbons (Fsp3) is 0.304. The van der Waals surface area contributed by atoms with Crippen molar-refractivity contribution >= 4 is 17.9 Å². The average Bonchev–Trinajstić information content (AvgIpc) is 3.39. The van der Waals surface area contributed by atoms with Crippen molar-refractivity contribution in [1.29, 1.82) is 0 Å². The summed E-state index contributed by atoms with van der Waals surface area (Å²) >= 11 is 0. The predicted octanol–water partition coefficient (Wildman–Crippen LogP) is 2.76. The number of aromatic nitrogens is 3. The number of carbonyl (C=O) groups is 2. The van der Waals surface area contributed by atoms with E-state index < -0.39 is 12.2 Å². The molecule has 9 nitrogen and oxygen atoms in total. The number of urea groups is 1. The van der Waals surface area contributed by atoms with Gasteiger partial charge in [-0.25, -0.2) is 4.79 Å². The molecule has 3 heterocycles. The van der Waals surface area contributed by atoms with E-state index in [1.165, 1.54) is 11.9 Å². The minimum absolute atomic E-state index is 0.235. The lowest BCUT2D eigenvalue weighted by atomic mass is 10.1. The first-order chi connectivity index (χ1) is 15.5. The van der Waals surface area contributed by atoms with Crippen molar-refractivity contribution in [3.05, 3.63) is 60.2 Å². The third-order valence-corrected chi connectivity index (χ3v) is 6.09. The zero-order chi connectivity index (χ0) is 22.4. The molecular weight excluding hydrogens is 408 g/mol. The number of nitrogens with zero attached hydrogens (tertiary/aromatic N) is 6. The molecule has 0 aliphatic carbocycles. The van der Waals surface area contributed by atoms with Crippen LogP contribution in [-0.2, 0) is 11.4 Å². The van der Waals surface area contributed by atoms with E-state index >= 15 is 0 Å². The average molecular weight is 432 g/mol. The maximum Gasteiger partial charge on any atom is 0.327 e. The van der Waals surface area contributed by atoms with Crippen molar-refractivity contribution in [3.63, 3.8) is 0 Å². The van der Waals surface area contributed by atoms with Crippen LogP contribution in [0.1, 0.15) is 18.7 Å². The first kappa shape index (κ1) is 20.0. The molecule has 3 aromatic rings. The summed E-state index contributed by atoms with van der Waals surface area (Å²) < 4.78 is 7.77. The Kier molecular flexibility index (Phi) is 4.80. The molecule has 32 heavy (non-hydrogen) atoms. The smallest absolute Gasteiger partial charge is 0.327 e. The quantitative estimate of drug-likeness (QED) is 0.617. The molecule has 9 heteroatoms. The molecule has 5 rings (SSSR count). The van der Waals surface area contributed by atoms with Crippen LogP contribution in [0, 0.1) is 0 Å². The predicted molar refractivity (Wildman–Crippen MR) is 118 cm³/mol. The van der Waals surface area contributed by atoms with Crippen molar-refractivity contribution < 1.29 is 14.3 Å². The maximum absolute atomic E-state index is 12.9. The summed E-state index contributed by atoms with van der Waals surface area (Å²) in [7, 11) is 3.22. The van der Waals surface area contributed by atoms with Gasteiger partial charge in [0, 0.05) is 26.2 Å². The van der Waals surface area contributed by atoms with Gasteiger partial charge in [0.1, 0.15) is 18.5 Å². The van der Waals surface area contributed by atoms with Gasteiger partial charge in [0.05, 0.1) is 0 Å². The summed E-state index contributed by atoms with van der Waals surface area (Å²) in [5.41, 5.74) is 1.93. The van der Waals surface area contributed by atoms with E-state index in [1.807, 2.05) is 71.0 Å². The largest absolute Gasteiger partial charge is 0.489 e. The molecule has 2 aromatic carbocycles. The van der Waals surface area contributed by atoms with Gasteiger partial charge in [-0.15, -0.1) is 10.2 Å². The number of rotatable bonds is 5. The summed E-state index contributed by atoms with van der Waals surface area (Å²) in [5, 5.41) is 8.76. The summed E-state index contributed by atoms with van der Waals surface area (Å²) in [4.78, 5) is 30.2. The monoisotopic (exact) mass is 432 g/mol. The van der Waals surface area contributed by atoms with Gasteiger partial charge >= 0.3 is 6.03 Å². The van der Waals surface area contributed by atoms with E-state index in [0.717, 1.165) is 16.9 Å². The van der Waals surface area contributed by atoms with E-state index in [0.29, 0.717) is 24.9 Å². The number of fused-ring (bicyclic) bond motifs is 3. The Bertz CT molecular complexity index is 1160. The normalized spacial score (nSPS) is 19.9.